The zero-order chi connectivity index (χ0) is 17.6. The number of hydrogen-bond acceptors (Lipinski definition) is 5. The van der Waals surface area contributed by atoms with Gasteiger partial charge in [0.2, 0.25) is 0 Å². The molecule has 1 aromatic heterocycles. The summed E-state index contributed by atoms with van der Waals surface area (Å²) in [4.78, 5) is 4.31. The fraction of sp³-hybridized carbons (Fsp3) is 0.0625. The molecular weight excluding hydrogens is 334 g/mol. The Kier molecular flexibility index (Phi) is 5.83. The summed E-state index contributed by atoms with van der Waals surface area (Å²) in [6, 6.07) is 22.0. The molecule has 3 rings (SSSR count). The van der Waals surface area contributed by atoms with E-state index in [0.717, 1.165) is 16.7 Å². The van der Waals surface area contributed by atoms with Crippen molar-refractivity contribution in [1.29, 1.82) is 0 Å². The number of pyridine rings is 1. The van der Waals surface area contributed by atoms with Crippen LogP contribution >= 0.6 is 0 Å². The van der Waals surface area contributed by atoms with Gasteiger partial charge in [0.25, 0.3) is 0 Å². The molecule has 0 unspecified atom stereocenters. The van der Waals surface area contributed by atoms with E-state index in [1.807, 2.05) is 60.1 Å². The average Bonchev–Trinajstić information content (AvgIpc) is 2.54. The molecule has 2 aromatic carbocycles. The highest BCUT2D eigenvalue weighted by molar-refractivity contribution is 5.78. The predicted molar refractivity (Wildman–Crippen MR) is 74.8 cm³/mol. The molecule has 3 aromatic rings. The van der Waals surface area contributed by atoms with E-state index in [4.69, 9.17) is 18.6 Å². The van der Waals surface area contributed by atoms with Crippen molar-refractivity contribution in [1.82, 2.24) is 4.57 Å². The third-order valence-electron chi connectivity index (χ3n) is 3.08. The molecule has 7 nitrogen and oxygen atoms in total. The Balaban J connectivity index is 0.000000368. The first-order valence-corrected chi connectivity index (χ1v) is 8.04. The lowest BCUT2D eigenvalue weighted by atomic mass is 10.2. The van der Waals surface area contributed by atoms with Crippen LogP contribution in [-0.2, 0) is 7.05 Å². The van der Waals surface area contributed by atoms with Gasteiger partial charge in [-0.25, -0.2) is 23.2 Å². The molecule has 124 valence electrons. The first-order valence-electron chi connectivity index (χ1n) is 6.81. The van der Waals surface area contributed by atoms with E-state index in [1.165, 1.54) is 5.39 Å². The second kappa shape index (κ2) is 7.85. The van der Waals surface area contributed by atoms with E-state index in [0.29, 0.717) is 0 Å². The van der Waals surface area contributed by atoms with Crippen LogP contribution in [0.1, 0.15) is 0 Å². The van der Waals surface area contributed by atoms with Gasteiger partial charge in [0.05, 0.1) is 7.05 Å². The molecule has 0 bridgehead atoms. The molecule has 8 heteroatoms. The zero-order valence-corrected chi connectivity index (χ0v) is 13.5. The standard InChI is InChI=1S/C16H14N3.ClHO4/c1-19-15-10-6-5-7-13(15)11-12-16(19)18-17-14-8-3-2-4-9-14;2-1(3,4)5/h2-12H,1H3;(H,2,3,4,5)/q+1;/p-1. The predicted octanol–water partition coefficient (Wildman–Crippen LogP) is -1.68. The molecule has 0 aliphatic carbocycles. The summed E-state index contributed by atoms with van der Waals surface area (Å²) in [5.74, 6) is 0. The monoisotopic (exact) mass is 347 g/mol. The van der Waals surface area contributed by atoms with E-state index in [2.05, 4.69) is 28.1 Å². The third-order valence-corrected chi connectivity index (χ3v) is 3.08. The Morgan fingerprint density at radius 2 is 1.42 bits per heavy atom. The number of rotatable bonds is 1. The summed E-state index contributed by atoms with van der Waals surface area (Å²) < 4.78 is 36.0. The van der Waals surface area contributed by atoms with Crippen LogP contribution in [0.4, 0.5) is 5.69 Å². The highest BCUT2D eigenvalue weighted by Gasteiger charge is 2.03. The van der Waals surface area contributed by atoms with Crippen molar-refractivity contribution >= 4 is 16.6 Å². The molecule has 0 fully saturated rings. The fourth-order valence-corrected chi connectivity index (χ4v) is 2.04. The van der Waals surface area contributed by atoms with Crippen LogP contribution in [0.15, 0.2) is 71.8 Å². The van der Waals surface area contributed by atoms with E-state index in [1.54, 1.807) is 0 Å². The molecule has 0 amide bonds. The summed E-state index contributed by atoms with van der Waals surface area (Å²) in [6.07, 6.45) is 0. The number of halogens is 1. The largest absolute Gasteiger partial charge is 0.406 e. The molecule has 0 saturated heterocycles. The Morgan fingerprint density at radius 3 is 2.08 bits per heavy atom. The van der Waals surface area contributed by atoms with Crippen molar-refractivity contribution in [3.63, 3.8) is 0 Å². The van der Waals surface area contributed by atoms with Gasteiger partial charge in [0.1, 0.15) is 11.2 Å². The minimum atomic E-state index is -4.94. The smallest absolute Gasteiger partial charge is 0.222 e. The molecular formula is C16H14ClN3O4. The van der Waals surface area contributed by atoms with E-state index < -0.39 is 10.2 Å². The number of hydrogen-bond donors (Lipinski definition) is 0. The van der Waals surface area contributed by atoms with Crippen LogP contribution < -0.4 is 24.1 Å². The maximum absolute atomic E-state index is 8.49. The maximum atomic E-state index is 8.49. The van der Waals surface area contributed by atoms with Gasteiger partial charge < -0.3 is 0 Å². The number of para-hydroxylation sites is 1. The number of nitrogens with zero attached hydrogens (tertiary/aromatic N) is 3. The molecule has 1 heterocycles. The van der Waals surface area contributed by atoms with Crippen LogP contribution in [0.25, 0.3) is 10.9 Å². The molecule has 0 aliphatic heterocycles. The van der Waals surface area contributed by atoms with Gasteiger partial charge in [0.15, 0.2) is 0 Å². The summed E-state index contributed by atoms with van der Waals surface area (Å²) in [5, 5.41) is 5.45. The zero-order valence-electron chi connectivity index (χ0n) is 12.7. The Labute approximate surface area is 139 Å². The van der Waals surface area contributed by atoms with Gasteiger partial charge in [-0.15, -0.1) is 10.2 Å². The van der Waals surface area contributed by atoms with Gasteiger partial charge >= 0.3 is 5.49 Å². The second-order valence-electron chi connectivity index (χ2n) is 4.72. The van der Waals surface area contributed by atoms with Gasteiger partial charge in [-0.1, -0.05) is 41.2 Å². The molecule has 0 saturated carbocycles. The van der Waals surface area contributed by atoms with Crippen molar-refractivity contribution in [2.75, 3.05) is 0 Å². The summed E-state index contributed by atoms with van der Waals surface area (Å²) >= 11 is 0. The number of aromatic nitrogens is 1. The Morgan fingerprint density at radius 1 is 0.833 bits per heavy atom. The normalized spacial score (nSPS) is 10.5. The van der Waals surface area contributed by atoms with Crippen LogP contribution in [0.2, 0.25) is 0 Å². The van der Waals surface area contributed by atoms with E-state index >= 15 is 0 Å². The lowest BCUT2D eigenvalue weighted by molar-refractivity contribution is -2.00. The Bertz CT molecular complexity index is 908. The van der Waals surface area contributed by atoms with Crippen LogP contribution in [0.3, 0.4) is 0 Å². The highest BCUT2D eigenvalue weighted by Crippen LogP contribution is 2.09. The number of fused-ring (bicyclic) bond motifs is 1. The van der Waals surface area contributed by atoms with Gasteiger partial charge in [-0.05, 0) is 24.3 Å². The molecule has 24 heavy (non-hydrogen) atoms. The van der Waals surface area contributed by atoms with Gasteiger partial charge in [-0.3, -0.25) is 0 Å². The minimum absolute atomic E-state index is 0.836. The van der Waals surface area contributed by atoms with E-state index in [-0.39, 0.29) is 0 Å². The van der Waals surface area contributed by atoms with Crippen LogP contribution in [-0.4, -0.2) is 9.36 Å². The fourth-order valence-electron chi connectivity index (χ4n) is 2.04. The average molecular weight is 348 g/mol. The summed E-state index contributed by atoms with van der Waals surface area (Å²) in [5.41, 5.74) is 2.84. The maximum Gasteiger partial charge on any atom is 0.406 e. The molecule has 0 spiro atoms. The van der Waals surface area contributed by atoms with E-state index in [9.17, 15) is 0 Å². The molecule has 0 aliphatic rings. The molecule has 0 radical (unpaired) electrons. The van der Waals surface area contributed by atoms with Crippen molar-refractivity contribution in [2.24, 2.45) is 12.2 Å². The molecule has 0 N–H and O–H groups in total. The number of benzene rings is 2. The topological polar surface area (TPSA) is 124 Å². The van der Waals surface area contributed by atoms with Crippen molar-refractivity contribution < 1.29 is 33.7 Å². The minimum Gasteiger partial charge on any atom is -0.222 e. The lowest BCUT2D eigenvalue weighted by Gasteiger charge is -2.17. The van der Waals surface area contributed by atoms with Crippen molar-refractivity contribution in [3.05, 3.63) is 72.2 Å². The van der Waals surface area contributed by atoms with Gasteiger partial charge in [0, 0.05) is 16.6 Å². The Hall–Kier alpha value is -2.51. The third kappa shape index (κ3) is 5.60. The quantitative estimate of drug-likeness (QED) is 0.385. The highest BCUT2D eigenvalue weighted by atomic mass is 35.7. The first-order chi connectivity index (χ1) is 11.3. The summed E-state index contributed by atoms with van der Waals surface area (Å²) in [6.45, 7) is 0. The lowest BCUT2D eigenvalue weighted by Crippen LogP contribution is -2.68. The van der Waals surface area contributed by atoms with Crippen molar-refractivity contribution in [2.45, 2.75) is 0 Å². The van der Waals surface area contributed by atoms with Crippen molar-refractivity contribution in [3.8, 4) is 0 Å². The SMILES string of the molecule is Cn1c(=[N+]=Nc2ccccc2)ccc2ccccc21.[O-][Cl+3]([O-])([O-])[O-]. The van der Waals surface area contributed by atoms with Crippen LogP contribution in [0.5, 0.6) is 0 Å². The number of aryl methyl sites for hydroxylation is 1. The molecule has 0 atom stereocenters. The second-order valence-corrected chi connectivity index (χ2v) is 5.48. The van der Waals surface area contributed by atoms with Crippen LogP contribution in [0, 0.1) is 10.2 Å². The van der Waals surface area contributed by atoms with Gasteiger partial charge in [-0.2, -0.15) is 0 Å². The first kappa shape index (κ1) is 17.8. The summed E-state index contributed by atoms with van der Waals surface area (Å²) in [7, 11) is -2.94.